The Morgan fingerprint density at radius 2 is 1.81 bits per heavy atom. The third-order valence-corrected chi connectivity index (χ3v) is 8.32. The Kier molecular flexibility index (Phi) is 4.86. The predicted molar refractivity (Wildman–Crippen MR) is 130 cm³/mol. The summed E-state index contributed by atoms with van der Waals surface area (Å²) in [5, 5.41) is 0. The van der Waals surface area contributed by atoms with E-state index in [1.165, 1.54) is 43.5 Å². The summed E-state index contributed by atoms with van der Waals surface area (Å²) in [6.07, 6.45) is 33.9. The molecule has 0 aliphatic heterocycles. The minimum absolute atomic E-state index is 0.338. The zero-order valence-electron chi connectivity index (χ0n) is 18.4. The van der Waals surface area contributed by atoms with Crippen LogP contribution in [0.25, 0.3) is 0 Å². The fourth-order valence-corrected chi connectivity index (χ4v) is 6.95. The van der Waals surface area contributed by atoms with Crippen molar-refractivity contribution in [1.29, 1.82) is 0 Å². The van der Waals surface area contributed by atoms with Crippen LogP contribution in [0.3, 0.4) is 0 Å². The first-order valence-electron chi connectivity index (χ1n) is 12.3. The van der Waals surface area contributed by atoms with Gasteiger partial charge in [-0.25, -0.2) is 0 Å². The monoisotopic (exact) mass is 407 g/mol. The van der Waals surface area contributed by atoms with Crippen LogP contribution in [0.5, 0.6) is 0 Å². The fraction of sp³-hybridized carbons (Fsp3) is 0.400. The molecule has 1 fully saturated rings. The molecule has 1 saturated carbocycles. The van der Waals surface area contributed by atoms with E-state index in [2.05, 4.69) is 89.9 Å². The molecule has 6 rings (SSSR count). The molecule has 0 N–H and O–H groups in total. The van der Waals surface area contributed by atoms with Crippen molar-refractivity contribution in [1.82, 2.24) is 4.90 Å². The predicted octanol–water partition coefficient (Wildman–Crippen LogP) is 7.48. The van der Waals surface area contributed by atoms with Gasteiger partial charge in [-0.1, -0.05) is 92.1 Å². The summed E-state index contributed by atoms with van der Waals surface area (Å²) in [5.41, 5.74) is 6.47. The molecule has 1 nitrogen and oxygen atoms in total. The van der Waals surface area contributed by atoms with Gasteiger partial charge >= 0.3 is 0 Å². The SMILES string of the molecule is C1=CCCC(N(C2=CC3C(C=C2)c2ccccc2C32CCCCC2)C2C=CC=CC2)=C1. The Bertz CT molecular complexity index is 1020. The van der Waals surface area contributed by atoms with Crippen molar-refractivity contribution in [2.24, 2.45) is 5.92 Å². The van der Waals surface area contributed by atoms with Crippen LogP contribution in [0.4, 0.5) is 0 Å². The van der Waals surface area contributed by atoms with Crippen LogP contribution in [0.1, 0.15) is 68.4 Å². The summed E-state index contributed by atoms with van der Waals surface area (Å²) in [4.78, 5) is 2.65. The highest BCUT2D eigenvalue weighted by atomic mass is 15.2. The van der Waals surface area contributed by atoms with E-state index in [4.69, 9.17) is 0 Å². The highest BCUT2D eigenvalue weighted by molar-refractivity contribution is 5.52. The Labute approximate surface area is 187 Å². The summed E-state index contributed by atoms with van der Waals surface area (Å²) in [5.74, 6) is 1.14. The summed E-state index contributed by atoms with van der Waals surface area (Å²) in [6.45, 7) is 0. The second-order valence-electron chi connectivity index (χ2n) is 9.92. The molecule has 158 valence electrons. The smallest absolute Gasteiger partial charge is 0.0556 e. The molecule has 5 aliphatic carbocycles. The van der Waals surface area contributed by atoms with Gasteiger partial charge in [0.1, 0.15) is 0 Å². The van der Waals surface area contributed by atoms with Gasteiger partial charge in [0.05, 0.1) is 6.04 Å². The van der Waals surface area contributed by atoms with Gasteiger partial charge in [-0.05, 0) is 61.3 Å². The molecule has 1 aromatic carbocycles. The van der Waals surface area contributed by atoms with Gasteiger partial charge in [0.15, 0.2) is 0 Å². The molecule has 0 saturated heterocycles. The lowest BCUT2D eigenvalue weighted by Gasteiger charge is -2.43. The Morgan fingerprint density at radius 3 is 2.61 bits per heavy atom. The van der Waals surface area contributed by atoms with E-state index in [1.54, 1.807) is 11.1 Å². The topological polar surface area (TPSA) is 3.24 Å². The summed E-state index contributed by atoms with van der Waals surface area (Å²) in [6, 6.07) is 9.78. The van der Waals surface area contributed by atoms with Gasteiger partial charge in [-0.2, -0.15) is 0 Å². The molecule has 31 heavy (non-hydrogen) atoms. The highest BCUT2D eigenvalue weighted by Gasteiger charge is 2.51. The van der Waals surface area contributed by atoms with E-state index >= 15 is 0 Å². The first kappa shape index (κ1) is 19.2. The highest BCUT2D eigenvalue weighted by Crippen LogP contribution is 2.59. The van der Waals surface area contributed by atoms with E-state index in [0.717, 1.165) is 19.3 Å². The van der Waals surface area contributed by atoms with Crippen LogP contribution in [-0.4, -0.2) is 10.9 Å². The molecular formula is C30H33N. The molecule has 0 heterocycles. The Morgan fingerprint density at radius 1 is 0.903 bits per heavy atom. The first-order chi connectivity index (χ1) is 15.4. The van der Waals surface area contributed by atoms with Crippen LogP contribution < -0.4 is 0 Å². The quantitative estimate of drug-likeness (QED) is 0.502. The molecule has 5 aliphatic rings. The van der Waals surface area contributed by atoms with Crippen LogP contribution in [0, 0.1) is 5.92 Å². The molecule has 3 unspecified atom stereocenters. The normalized spacial score (nSPS) is 30.0. The molecule has 0 bridgehead atoms. The summed E-state index contributed by atoms with van der Waals surface area (Å²) >= 11 is 0. The van der Waals surface area contributed by atoms with Crippen molar-refractivity contribution in [3.8, 4) is 0 Å². The lowest BCUT2D eigenvalue weighted by molar-refractivity contribution is 0.228. The largest absolute Gasteiger partial charge is 0.338 e. The van der Waals surface area contributed by atoms with Crippen LogP contribution in [-0.2, 0) is 5.41 Å². The molecule has 0 amide bonds. The van der Waals surface area contributed by atoms with Crippen LogP contribution >= 0.6 is 0 Å². The number of rotatable bonds is 3. The van der Waals surface area contributed by atoms with Crippen molar-refractivity contribution in [3.05, 3.63) is 108 Å². The number of hydrogen-bond donors (Lipinski definition) is 0. The lowest BCUT2D eigenvalue weighted by Crippen LogP contribution is -2.38. The fourth-order valence-electron chi connectivity index (χ4n) is 6.95. The molecule has 1 spiro atoms. The second kappa shape index (κ2) is 7.86. The van der Waals surface area contributed by atoms with Crippen molar-refractivity contribution in [2.45, 2.75) is 68.7 Å². The van der Waals surface area contributed by atoms with Gasteiger partial charge in [-0.15, -0.1) is 0 Å². The maximum Gasteiger partial charge on any atom is 0.0556 e. The van der Waals surface area contributed by atoms with Crippen LogP contribution in [0.2, 0.25) is 0 Å². The molecule has 1 aromatic rings. The average molecular weight is 408 g/mol. The molecular weight excluding hydrogens is 374 g/mol. The third-order valence-electron chi connectivity index (χ3n) is 8.32. The second-order valence-corrected chi connectivity index (χ2v) is 9.92. The van der Waals surface area contributed by atoms with E-state index in [1.807, 2.05) is 0 Å². The molecule has 3 atom stereocenters. The lowest BCUT2D eigenvalue weighted by atomic mass is 9.63. The summed E-state index contributed by atoms with van der Waals surface area (Å²) < 4.78 is 0. The molecule has 0 aromatic heterocycles. The first-order valence-corrected chi connectivity index (χ1v) is 12.3. The zero-order chi connectivity index (χ0) is 20.7. The van der Waals surface area contributed by atoms with Gasteiger partial charge in [0.2, 0.25) is 0 Å². The van der Waals surface area contributed by atoms with Crippen molar-refractivity contribution >= 4 is 0 Å². The van der Waals surface area contributed by atoms with Gasteiger partial charge < -0.3 is 4.90 Å². The average Bonchev–Trinajstić information content (AvgIpc) is 3.10. The maximum atomic E-state index is 2.68. The van der Waals surface area contributed by atoms with Crippen molar-refractivity contribution in [2.75, 3.05) is 0 Å². The van der Waals surface area contributed by atoms with Crippen molar-refractivity contribution < 1.29 is 0 Å². The van der Waals surface area contributed by atoms with Crippen LogP contribution in [0.15, 0.2) is 96.4 Å². The summed E-state index contributed by atoms with van der Waals surface area (Å²) in [7, 11) is 0. The van der Waals surface area contributed by atoms with E-state index in [9.17, 15) is 0 Å². The number of benzene rings is 1. The van der Waals surface area contributed by atoms with Gasteiger partial charge in [0.25, 0.3) is 0 Å². The van der Waals surface area contributed by atoms with E-state index in [0.29, 0.717) is 23.3 Å². The van der Waals surface area contributed by atoms with Crippen molar-refractivity contribution in [3.63, 3.8) is 0 Å². The zero-order valence-corrected chi connectivity index (χ0v) is 18.4. The third kappa shape index (κ3) is 3.13. The van der Waals surface area contributed by atoms with Gasteiger partial charge in [0, 0.05) is 22.7 Å². The number of nitrogens with zero attached hydrogens (tertiary/aromatic N) is 1. The van der Waals surface area contributed by atoms with E-state index < -0.39 is 0 Å². The number of fused-ring (bicyclic) bond motifs is 5. The van der Waals surface area contributed by atoms with E-state index in [-0.39, 0.29) is 0 Å². The van der Waals surface area contributed by atoms with Gasteiger partial charge in [-0.3, -0.25) is 0 Å². The number of hydrogen-bond acceptors (Lipinski definition) is 1. The number of allylic oxidation sites excluding steroid dienone is 9. The standard InChI is InChI=1S/C30H33N/c1-4-12-23(13-5-1)31(24-14-6-2-7-15-24)25-18-19-27-26-16-8-9-17-28(26)30(29(27)22-25)20-10-3-11-21-30/h1-2,4-6,8-9,12,14,16-19,22-23,27,29H,3,7,10-11,13,15,20-21H2. The Balaban J connectivity index is 1.43. The minimum atomic E-state index is 0.338. The minimum Gasteiger partial charge on any atom is -0.338 e. The molecule has 1 heteroatoms. The maximum absolute atomic E-state index is 2.68. The molecule has 0 radical (unpaired) electrons. The Hall–Kier alpha value is -2.54.